The lowest BCUT2D eigenvalue weighted by Gasteiger charge is -2.58. The van der Waals surface area contributed by atoms with Crippen molar-refractivity contribution in [1.29, 1.82) is 0 Å². The highest BCUT2D eigenvalue weighted by atomic mass is 15.2. The molecule has 0 amide bonds. The molecule has 2 unspecified atom stereocenters. The lowest BCUT2D eigenvalue weighted by Crippen LogP contribution is -2.54. The van der Waals surface area contributed by atoms with E-state index in [-0.39, 0.29) is 16.4 Å². The molecule has 122 valence electrons. The molecule has 1 fully saturated rings. The number of benzene rings is 1. The Labute approximate surface area is 136 Å². The van der Waals surface area contributed by atoms with Gasteiger partial charge in [-0.1, -0.05) is 47.6 Å². The van der Waals surface area contributed by atoms with E-state index in [1.54, 1.807) is 11.1 Å². The maximum atomic E-state index is 3.81. The first-order valence-corrected chi connectivity index (χ1v) is 8.85. The van der Waals surface area contributed by atoms with Crippen LogP contribution in [0, 0.1) is 37.5 Å². The molecule has 1 heteroatoms. The van der Waals surface area contributed by atoms with Crippen LogP contribution in [0.4, 0.5) is 0 Å². The number of hydrogen-bond donors (Lipinski definition) is 1. The third-order valence-electron chi connectivity index (χ3n) is 7.48. The molecular weight excluding hydrogens is 266 g/mol. The van der Waals surface area contributed by atoms with E-state index in [9.17, 15) is 0 Å². The van der Waals surface area contributed by atoms with E-state index < -0.39 is 0 Å². The number of rotatable bonds is 1. The fourth-order valence-corrected chi connectivity index (χ4v) is 5.54. The van der Waals surface area contributed by atoms with E-state index in [1.807, 2.05) is 0 Å². The maximum Gasteiger partial charge on any atom is 0.0624 e. The second-order valence-electron chi connectivity index (χ2n) is 9.25. The molecule has 1 spiro atoms. The van der Waals surface area contributed by atoms with Crippen LogP contribution in [0.2, 0.25) is 0 Å². The normalized spacial score (nSPS) is 31.5. The number of nitrogens with one attached hydrogen (secondary N) is 1. The summed E-state index contributed by atoms with van der Waals surface area (Å²) in [4.78, 5) is 0. The smallest absolute Gasteiger partial charge is 0.0624 e. The van der Waals surface area contributed by atoms with Crippen molar-refractivity contribution in [2.45, 2.75) is 73.8 Å². The Morgan fingerprint density at radius 1 is 1.05 bits per heavy atom. The van der Waals surface area contributed by atoms with Crippen LogP contribution in [0.3, 0.4) is 0 Å². The first-order chi connectivity index (χ1) is 9.99. The zero-order chi connectivity index (χ0) is 16.7. The van der Waals surface area contributed by atoms with Crippen LogP contribution in [-0.2, 0) is 5.54 Å². The number of hydrogen-bond acceptors (Lipinski definition) is 1. The second kappa shape index (κ2) is 4.38. The molecule has 1 heterocycles. The fourth-order valence-electron chi connectivity index (χ4n) is 5.54. The van der Waals surface area contributed by atoms with Gasteiger partial charge in [-0.25, -0.2) is 0 Å². The molecule has 1 nitrogen and oxygen atoms in total. The van der Waals surface area contributed by atoms with Gasteiger partial charge in [0.15, 0.2) is 0 Å². The van der Waals surface area contributed by atoms with Crippen molar-refractivity contribution in [3.05, 3.63) is 33.9 Å². The van der Waals surface area contributed by atoms with Gasteiger partial charge >= 0.3 is 0 Å². The molecule has 2 atom stereocenters. The summed E-state index contributed by atoms with van der Waals surface area (Å²) in [6.07, 6.45) is 0. The lowest BCUT2D eigenvalue weighted by molar-refractivity contribution is 0.000471. The SMILES string of the molecule is Cc1cc(C)c2c(c1C)C1(CN1)C(C)(C)C(C)(C)C2C(C)C. The third kappa shape index (κ3) is 1.64. The molecule has 1 saturated heterocycles. The number of aryl methyl sites for hydroxylation is 2. The molecule has 3 rings (SSSR count). The monoisotopic (exact) mass is 299 g/mol. The quantitative estimate of drug-likeness (QED) is 0.706. The molecule has 1 aromatic carbocycles. The summed E-state index contributed by atoms with van der Waals surface area (Å²) in [5, 5.41) is 3.81. The van der Waals surface area contributed by atoms with Crippen LogP contribution in [0.25, 0.3) is 0 Å². The van der Waals surface area contributed by atoms with Gasteiger partial charge in [-0.3, -0.25) is 0 Å². The van der Waals surface area contributed by atoms with Gasteiger partial charge in [-0.2, -0.15) is 0 Å². The molecule has 0 bridgehead atoms. The van der Waals surface area contributed by atoms with Crippen molar-refractivity contribution in [2.24, 2.45) is 16.7 Å². The van der Waals surface area contributed by atoms with Crippen molar-refractivity contribution in [2.75, 3.05) is 6.54 Å². The summed E-state index contributed by atoms with van der Waals surface area (Å²) in [6, 6.07) is 2.41. The largest absolute Gasteiger partial charge is 0.304 e. The van der Waals surface area contributed by atoms with Gasteiger partial charge in [0.1, 0.15) is 0 Å². The topological polar surface area (TPSA) is 21.9 Å². The molecule has 0 radical (unpaired) electrons. The van der Waals surface area contributed by atoms with Gasteiger partial charge in [-0.05, 0) is 71.3 Å². The van der Waals surface area contributed by atoms with Gasteiger partial charge in [0, 0.05) is 6.54 Å². The predicted molar refractivity (Wildman–Crippen MR) is 95.5 cm³/mol. The molecule has 1 aliphatic carbocycles. The minimum atomic E-state index is 0.179. The Morgan fingerprint density at radius 2 is 1.59 bits per heavy atom. The highest BCUT2D eigenvalue weighted by Gasteiger charge is 2.67. The van der Waals surface area contributed by atoms with Crippen molar-refractivity contribution < 1.29 is 0 Å². The van der Waals surface area contributed by atoms with E-state index >= 15 is 0 Å². The van der Waals surface area contributed by atoms with Crippen LogP contribution in [0.1, 0.15) is 75.3 Å². The molecule has 1 aromatic rings. The molecule has 0 aromatic heterocycles. The average Bonchev–Trinajstić information content (AvgIpc) is 3.15. The first-order valence-electron chi connectivity index (χ1n) is 8.85. The van der Waals surface area contributed by atoms with Gasteiger partial charge < -0.3 is 5.32 Å². The molecular formula is C21H33N. The molecule has 0 saturated carbocycles. The minimum Gasteiger partial charge on any atom is -0.304 e. The molecule has 1 aliphatic heterocycles. The van der Waals surface area contributed by atoms with Crippen LogP contribution in [0.5, 0.6) is 0 Å². The van der Waals surface area contributed by atoms with Gasteiger partial charge in [0.05, 0.1) is 5.54 Å². The van der Waals surface area contributed by atoms with Crippen molar-refractivity contribution >= 4 is 0 Å². The summed E-state index contributed by atoms with van der Waals surface area (Å²) in [5.41, 5.74) is 8.42. The van der Waals surface area contributed by atoms with Crippen LogP contribution in [-0.4, -0.2) is 6.54 Å². The van der Waals surface area contributed by atoms with Crippen LogP contribution in [0.15, 0.2) is 6.07 Å². The van der Waals surface area contributed by atoms with Crippen molar-refractivity contribution in [1.82, 2.24) is 5.32 Å². The molecule has 2 aliphatic rings. The summed E-state index contributed by atoms with van der Waals surface area (Å²) in [7, 11) is 0. The predicted octanol–water partition coefficient (Wildman–Crippen LogP) is 5.22. The number of fused-ring (bicyclic) bond motifs is 2. The summed E-state index contributed by atoms with van der Waals surface area (Å²) < 4.78 is 0. The Balaban J connectivity index is 2.43. The second-order valence-corrected chi connectivity index (χ2v) is 9.25. The van der Waals surface area contributed by atoms with Gasteiger partial charge in [-0.15, -0.1) is 0 Å². The summed E-state index contributed by atoms with van der Waals surface area (Å²) >= 11 is 0. The highest BCUT2D eigenvalue weighted by Crippen LogP contribution is 2.68. The maximum absolute atomic E-state index is 3.81. The zero-order valence-corrected chi connectivity index (χ0v) is 15.9. The Kier molecular flexibility index (Phi) is 3.19. The Bertz CT molecular complexity index is 630. The molecule has 1 N–H and O–H groups in total. The zero-order valence-electron chi connectivity index (χ0n) is 15.9. The van der Waals surface area contributed by atoms with E-state index in [0.29, 0.717) is 11.8 Å². The summed E-state index contributed by atoms with van der Waals surface area (Å²) in [6.45, 7) is 22.8. The summed E-state index contributed by atoms with van der Waals surface area (Å²) in [5.74, 6) is 1.27. The van der Waals surface area contributed by atoms with Gasteiger partial charge in [0.2, 0.25) is 0 Å². The van der Waals surface area contributed by atoms with E-state index in [4.69, 9.17) is 0 Å². The Morgan fingerprint density at radius 3 is 2.05 bits per heavy atom. The van der Waals surface area contributed by atoms with E-state index in [1.165, 1.54) is 16.7 Å². The average molecular weight is 300 g/mol. The fraction of sp³-hybridized carbons (Fsp3) is 0.714. The Hall–Kier alpha value is -0.820. The van der Waals surface area contributed by atoms with Crippen LogP contribution < -0.4 is 5.32 Å². The standard InChI is InChI=1S/C21H33N/c1-12(2)17-16-14(4)10-13(3)15(5)18(16)21(11-22-21)20(8,9)19(17,6)7/h10,12,17,22H,11H2,1-9H3. The molecule has 22 heavy (non-hydrogen) atoms. The van der Waals surface area contributed by atoms with Gasteiger partial charge in [0.25, 0.3) is 0 Å². The van der Waals surface area contributed by atoms with Crippen molar-refractivity contribution in [3.63, 3.8) is 0 Å². The highest BCUT2D eigenvalue weighted by molar-refractivity contribution is 5.57. The van der Waals surface area contributed by atoms with Crippen molar-refractivity contribution in [3.8, 4) is 0 Å². The first kappa shape index (κ1) is 16.1. The van der Waals surface area contributed by atoms with E-state index in [0.717, 1.165) is 6.54 Å². The minimum absolute atomic E-state index is 0.179. The lowest BCUT2D eigenvalue weighted by atomic mass is 9.46. The van der Waals surface area contributed by atoms with Crippen LogP contribution >= 0.6 is 0 Å². The van der Waals surface area contributed by atoms with E-state index in [2.05, 4.69) is 73.7 Å². The third-order valence-corrected chi connectivity index (χ3v) is 7.48.